The molecule has 0 radical (unpaired) electrons. The number of halogens is 1. The molecule has 0 aliphatic rings. The molecular formula is C13H19IN2O3. The van der Waals surface area contributed by atoms with Gasteiger partial charge in [-0.15, -0.1) is 0 Å². The smallest absolute Gasteiger partial charge is 0.319 e. The SMILES string of the molecule is COC(=O)C(I)CNCc1ncc(C)c(OC)c1C. The summed E-state index contributed by atoms with van der Waals surface area (Å²) in [6.07, 6.45) is 1.80. The summed E-state index contributed by atoms with van der Waals surface area (Å²) in [7, 11) is 3.05. The van der Waals surface area contributed by atoms with Crippen LogP contribution in [0.15, 0.2) is 6.20 Å². The molecule has 0 aliphatic heterocycles. The molecule has 1 atom stereocenters. The predicted molar refractivity (Wildman–Crippen MR) is 81.8 cm³/mol. The van der Waals surface area contributed by atoms with Crippen molar-refractivity contribution in [2.45, 2.75) is 24.3 Å². The Morgan fingerprint density at radius 3 is 2.74 bits per heavy atom. The van der Waals surface area contributed by atoms with Gasteiger partial charge in [0.2, 0.25) is 0 Å². The molecule has 0 fully saturated rings. The number of esters is 1. The number of ether oxygens (including phenoxy) is 2. The number of hydrogen-bond donors (Lipinski definition) is 1. The second-order valence-electron chi connectivity index (χ2n) is 4.17. The Bertz CT molecular complexity index is 452. The second kappa shape index (κ2) is 7.64. The van der Waals surface area contributed by atoms with E-state index in [2.05, 4.69) is 37.6 Å². The molecule has 1 unspecified atom stereocenters. The Labute approximate surface area is 127 Å². The molecule has 0 spiro atoms. The average Bonchev–Trinajstić information content (AvgIpc) is 2.40. The Morgan fingerprint density at radius 2 is 2.16 bits per heavy atom. The zero-order valence-electron chi connectivity index (χ0n) is 11.6. The molecule has 1 aromatic rings. The van der Waals surface area contributed by atoms with Crippen LogP contribution in [-0.2, 0) is 16.1 Å². The number of nitrogens with zero attached hydrogens (tertiary/aromatic N) is 1. The fourth-order valence-electron chi connectivity index (χ4n) is 1.78. The molecular weight excluding hydrogens is 359 g/mol. The average molecular weight is 378 g/mol. The molecule has 1 aromatic heterocycles. The van der Waals surface area contributed by atoms with Gasteiger partial charge in [0, 0.05) is 30.4 Å². The van der Waals surface area contributed by atoms with E-state index in [1.807, 2.05) is 13.8 Å². The first-order valence-corrected chi connectivity index (χ1v) is 7.17. The van der Waals surface area contributed by atoms with Crippen LogP contribution in [0.5, 0.6) is 5.75 Å². The van der Waals surface area contributed by atoms with Crippen LogP contribution in [0.25, 0.3) is 0 Å². The molecule has 106 valence electrons. The standard InChI is InChI=1S/C13H19IN2O3/c1-8-5-16-11(9(2)12(8)18-3)7-15-6-10(14)13(17)19-4/h5,10,15H,6-7H2,1-4H3. The Morgan fingerprint density at radius 1 is 1.47 bits per heavy atom. The molecule has 0 saturated carbocycles. The maximum atomic E-state index is 11.3. The molecule has 0 amide bonds. The van der Waals surface area contributed by atoms with Crippen molar-refractivity contribution < 1.29 is 14.3 Å². The van der Waals surface area contributed by atoms with Gasteiger partial charge >= 0.3 is 5.97 Å². The third-order valence-electron chi connectivity index (χ3n) is 2.82. The van der Waals surface area contributed by atoms with E-state index in [-0.39, 0.29) is 9.89 Å². The Hall–Kier alpha value is -0.890. The lowest BCUT2D eigenvalue weighted by molar-refractivity contribution is -0.139. The van der Waals surface area contributed by atoms with Gasteiger partial charge in [-0.2, -0.15) is 0 Å². The Kier molecular flexibility index (Phi) is 6.50. The van der Waals surface area contributed by atoms with Crippen LogP contribution in [0.2, 0.25) is 0 Å². The van der Waals surface area contributed by atoms with Gasteiger partial charge in [0.25, 0.3) is 0 Å². The van der Waals surface area contributed by atoms with Crippen molar-refractivity contribution in [3.05, 3.63) is 23.0 Å². The van der Waals surface area contributed by atoms with Crippen LogP contribution in [0.3, 0.4) is 0 Å². The zero-order valence-corrected chi connectivity index (χ0v) is 13.8. The predicted octanol–water partition coefficient (Wildman–Crippen LogP) is 1.77. The van der Waals surface area contributed by atoms with Crippen LogP contribution in [0.1, 0.15) is 16.8 Å². The van der Waals surface area contributed by atoms with E-state index in [4.69, 9.17) is 4.74 Å². The number of rotatable bonds is 6. The minimum atomic E-state index is -0.223. The van der Waals surface area contributed by atoms with Crippen LogP contribution >= 0.6 is 22.6 Å². The van der Waals surface area contributed by atoms with Gasteiger partial charge in [-0.05, 0) is 13.8 Å². The fourth-order valence-corrected chi connectivity index (χ4v) is 2.34. The van der Waals surface area contributed by atoms with Crippen molar-refractivity contribution >= 4 is 28.6 Å². The maximum absolute atomic E-state index is 11.3. The normalized spacial score (nSPS) is 12.1. The monoisotopic (exact) mass is 378 g/mol. The van der Waals surface area contributed by atoms with E-state index in [9.17, 15) is 4.79 Å². The fraction of sp³-hybridized carbons (Fsp3) is 0.538. The number of carbonyl (C=O) groups excluding carboxylic acids is 1. The van der Waals surface area contributed by atoms with Crippen LogP contribution in [-0.4, -0.2) is 35.6 Å². The van der Waals surface area contributed by atoms with Crippen molar-refractivity contribution in [3.8, 4) is 5.75 Å². The van der Waals surface area contributed by atoms with Crippen molar-refractivity contribution in [2.75, 3.05) is 20.8 Å². The van der Waals surface area contributed by atoms with Gasteiger partial charge in [0.1, 0.15) is 9.67 Å². The summed E-state index contributed by atoms with van der Waals surface area (Å²) in [5.74, 6) is 0.644. The summed E-state index contributed by atoms with van der Waals surface area (Å²) >= 11 is 2.06. The van der Waals surface area contributed by atoms with Gasteiger partial charge < -0.3 is 14.8 Å². The van der Waals surface area contributed by atoms with E-state index in [0.717, 1.165) is 22.6 Å². The minimum absolute atomic E-state index is 0.199. The number of pyridine rings is 1. The largest absolute Gasteiger partial charge is 0.496 e. The van der Waals surface area contributed by atoms with Crippen LogP contribution in [0, 0.1) is 13.8 Å². The van der Waals surface area contributed by atoms with Crippen LogP contribution in [0.4, 0.5) is 0 Å². The highest BCUT2D eigenvalue weighted by Crippen LogP contribution is 2.23. The number of hydrogen-bond acceptors (Lipinski definition) is 5. The second-order valence-corrected chi connectivity index (χ2v) is 5.67. The van der Waals surface area contributed by atoms with Gasteiger partial charge in [-0.3, -0.25) is 9.78 Å². The maximum Gasteiger partial charge on any atom is 0.319 e. The highest BCUT2D eigenvalue weighted by atomic mass is 127. The summed E-state index contributed by atoms with van der Waals surface area (Å²) in [6, 6.07) is 0. The van der Waals surface area contributed by atoms with E-state index >= 15 is 0 Å². The summed E-state index contributed by atoms with van der Waals surface area (Å²) < 4.78 is 9.83. The molecule has 5 nitrogen and oxygen atoms in total. The topological polar surface area (TPSA) is 60.5 Å². The van der Waals surface area contributed by atoms with E-state index in [0.29, 0.717) is 13.1 Å². The molecule has 0 bridgehead atoms. The number of carbonyl (C=O) groups is 1. The van der Waals surface area contributed by atoms with E-state index in [1.165, 1.54) is 7.11 Å². The third-order valence-corrected chi connectivity index (χ3v) is 3.77. The lowest BCUT2D eigenvalue weighted by Gasteiger charge is -2.13. The molecule has 0 aliphatic carbocycles. The van der Waals surface area contributed by atoms with Crippen LogP contribution < -0.4 is 10.1 Å². The van der Waals surface area contributed by atoms with Gasteiger partial charge in [-0.1, -0.05) is 22.6 Å². The first-order valence-electron chi connectivity index (χ1n) is 5.93. The number of aryl methyl sites for hydroxylation is 1. The van der Waals surface area contributed by atoms with Crippen molar-refractivity contribution in [1.82, 2.24) is 10.3 Å². The van der Waals surface area contributed by atoms with E-state index < -0.39 is 0 Å². The lowest BCUT2D eigenvalue weighted by Crippen LogP contribution is -2.29. The quantitative estimate of drug-likeness (QED) is 0.465. The minimum Gasteiger partial charge on any atom is -0.496 e. The third kappa shape index (κ3) is 4.31. The highest BCUT2D eigenvalue weighted by molar-refractivity contribution is 14.1. The van der Waals surface area contributed by atoms with E-state index in [1.54, 1.807) is 13.3 Å². The lowest BCUT2D eigenvalue weighted by atomic mass is 10.1. The summed E-state index contributed by atoms with van der Waals surface area (Å²) in [6.45, 7) is 5.09. The first kappa shape index (κ1) is 16.2. The number of nitrogens with one attached hydrogen (secondary N) is 1. The zero-order chi connectivity index (χ0) is 14.4. The molecule has 1 heterocycles. The summed E-state index contributed by atoms with van der Waals surface area (Å²) in [4.78, 5) is 15.6. The van der Waals surface area contributed by atoms with Gasteiger partial charge in [-0.25, -0.2) is 0 Å². The van der Waals surface area contributed by atoms with Gasteiger partial charge in [0.05, 0.1) is 19.9 Å². The van der Waals surface area contributed by atoms with Gasteiger partial charge in [0.15, 0.2) is 0 Å². The molecule has 1 N–H and O–H groups in total. The van der Waals surface area contributed by atoms with Crippen molar-refractivity contribution in [3.63, 3.8) is 0 Å². The van der Waals surface area contributed by atoms with Crippen molar-refractivity contribution in [2.24, 2.45) is 0 Å². The number of aromatic nitrogens is 1. The summed E-state index contributed by atoms with van der Waals surface area (Å²) in [5, 5.41) is 3.20. The van der Waals surface area contributed by atoms with Crippen molar-refractivity contribution in [1.29, 1.82) is 0 Å². The number of alkyl halides is 1. The summed E-state index contributed by atoms with van der Waals surface area (Å²) in [5.41, 5.74) is 2.97. The molecule has 0 aromatic carbocycles. The number of methoxy groups -OCH3 is 2. The highest BCUT2D eigenvalue weighted by Gasteiger charge is 2.15. The molecule has 1 rings (SSSR count). The molecule has 6 heteroatoms. The molecule has 19 heavy (non-hydrogen) atoms. The first-order chi connectivity index (χ1) is 9.01. The molecule has 0 saturated heterocycles. The Balaban J connectivity index is 2.62.